The van der Waals surface area contributed by atoms with Gasteiger partial charge >= 0.3 is 0 Å². The van der Waals surface area contributed by atoms with Gasteiger partial charge in [0.1, 0.15) is 5.82 Å². The smallest absolute Gasteiger partial charge is 0.182 e. The number of H-pyrrole nitrogens is 1. The maximum atomic E-state index is 14.2. The molecule has 1 heterocycles. The van der Waals surface area contributed by atoms with Gasteiger partial charge in [0, 0.05) is 0 Å². The monoisotopic (exact) mass is 326 g/mol. The fraction of sp³-hybridized carbons (Fsp3) is 0.0714. The van der Waals surface area contributed by atoms with Gasteiger partial charge in [0.05, 0.1) is 26.8 Å². The van der Waals surface area contributed by atoms with Crippen LogP contribution in [-0.2, 0) is 0 Å². The molecule has 2 aromatic carbocycles. The standard InChI is InChI=1S/C14H9Cl2FN2S/c1-7-3-2-4-10(17)13(7)19-12-6-9(16)8(15)5-11(12)18-14(19)20/h2-6H,1H3,(H,18,20). The number of aryl methyl sites for hydroxylation is 1. The van der Waals surface area contributed by atoms with Gasteiger partial charge in [-0.15, -0.1) is 0 Å². The Morgan fingerprint density at radius 3 is 2.60 bits per heavy atom. The minimum absolute atomic E-state index is 0.340. The van der Waals surface area contributed by atoms with E-state index in [1.165, 1.54) is 6.07 Å². The molecule has 0 unspecified atom stereocenters. The van der Waals surface area contributed by atoms with Crippen molar-refractivity contribution in [1.82, 2.24) is 9.55 Å². The summed E-state index contributed by atoms with van der Waals surface area (Å²) in [6, 6.07) is 8.26. The van der Waals surface area contributed by atoms with Gasteiger partial charge in [-0.3, -0.25) is 4.57 Å². The fourth-order valence-corrected chi connectivity index (χ4v) is 2.85. The topological polar surface area (TPSA) is 20.7 Å². The van der Waals surface area contributed by atoms with Crippen molar-refractivity contribution in [2.45, 2.75) is 6.92 Å². The summed E-state index contributed by atoms with van der Waals surface area (Å²) in [5.74, 6) is -0.340. The van der Waals surface area contributed by atoms with Crippen LogP contribution in [0.4, 0.5) is 4.39 Å². The lowest BCUT2D eigenvalue weighted by atomic mass is 10.2. The van der Waals surface area contributed by atoms with E-state index < -0.39 is 0 Å². The number of aromatic amines is 1. The Kier molecular flexibility index (Phi) is 3.32. The molecule has 0 atom stereocenters. The maximum Gasteiger partial charge on any atom is 0.182 e. The largest absolute Gasteiger partial charge is 0.330 e. The molecule has 3 rings (SSSR count). The van der Waals surface area contributed by atoms with E-state index in [0.717, 1.165) is 5.56 Å². The van der Waals surface area contributed by atoms with Crippen LogP contribution in [0.1, 0.15) is 5.56 Å². The van der Waals surface area contributed by atoms with E-state index in [1.807, 2.05) is 13.0 Å². The summed E-state index contributed by atoms with van der Waals surface area (Å²) < 4.78 is 16.2. The van der Waals surface area contributed by atoms with Crippen molar-refractivity contribution < 1.29 is 4.39 Å². The number of benzene rings is 2. The van der Waals surface area contributed by atoms with Crippen molar-refractivity contribution in [1.29, 1.82) is 0 Å². The lowest BCUT2D eigenvalue weighted by molar-refractivity contribution is 0.617. The van der Waals surface area contributed by atoms with Crippen LogP contribution >= 0.6 is 35.4 Å². The molecule has 0 aliphatic carbocycles. The predicted molar refractivity (Wildman–Crippen MR) is 83.2 cm³/mol. The van der Waals surface area contributed by atoms with Crippen LogP contribution in [-0.4, -0.2) is 9.55 Å². The Morgan fingerprint density at radius 1 is 1.20 bits per heavy atom. The van der Waals surface area contributed by atoms with Crippen LogP contribution < -0.4 is 0 Å². The summed E-state index contributed by atoms with van der Waals surface area (Å²) in [6.45, 7) is 1.83. The van der Waals surface area contributed by atoms with Gasteiger partial charge in [0.15, 0.2) is 4.77 Å². The van der Waals surface area contributed by atoms with E-state index in [-0.39, 0.29) is 5.82 Å². The molecule has 20 heavy (non-hydrogen) atoms. The Hall–Kier alpha value is -1.36. The second-order valence-electron chi connectivity index (χ2n) is 4.45. The molecule has 3 aromatic rings. The van der Waals surface area contributed by atoms with Crippen LogP contribution in [0, 0.1) is 17.5 Å². The molecule has 0 spiro atoms. The number of hydrogen-bond acceptors (Lipinski definition) is 1. The number of halogens is 3. The molecule has 0 aliphatic heterocycles. The lowest BCUT2D eigenvalue weighted by Gasteiger charge is -2.09. The van der Waals surface area contributed by atoms with Gasteiger partial charge in [-0.25, -0.2) is 4.39 Å². The first kappa shape index (κ1) is 13.6. The van der Waals surface area contributed by atoms with Crippen LogP contribution in [0.3, 0.4) is 0 Å². The quantitative estimate of drug-likeness (QED) is 0.590. The zero-order chi connectivity index (χ0) is 14.4. The molecule has 0 saturated carbocycles. The average molecular weight is 327 g/mol. The number of nitrogens with one attached hydrogen (secondary N) is 1. The predicted octanol–water partition coefficient (Wildman–Crippen LogP) is 5.44. The van der Waals surface area contributed by atoms with E-state index in [2.05, 4.69) is 4.98 Å². The van der Waals surface area contributed by atoms with E-state index in [0.29, 0.717) is 31.5 Å². The number of para-hydroxylation sites is 1. The molecule has 0 radical (unpaired) electrons. The lowest BCUT2D eigenvalue weighted by Crippen LogP contribution is -2.00. The number of rotatable bonds is 1. The number of fused-ring (bicyclic) bond motifs is 1. The number of aromatic nitrogens is 2. The number of imidazole rings is 1. The van der Waals surface area contributed by atoms with Gasteiger partial charge in [-0.2, -0.15) is 0 Å². The van der Waals surface area contributed by atoms with Crippen molar-refractivity contribution in [3.63, 3.8) is 0 Å². The van der Waals surface area contributed by atoms with Crippen LogP contribution in [0.2, 0.25) is 10.0 Å². The summed E-state index contributed by atoms with van der Waals surface area (Å²) in [5, 5.41) is 0.823. The molecule has 0 fully saturated rings. The summed E-state index contributed by atoms with van der Waals surface area (Å²) in [6.07, 6.45) is 0. The molecule has 2 nitrogen and oxygen atoms in total. The van der Waals surface area contributed by atoms with Crippen LogP contribution in [0.5, 0.6) is 0 Å². The number of hydrogen-bond donors (Lipinski definition) is 1. The van der Waals surface area contributed by atoms with Crippen molar-refractivity contribution in [2.24, 2.45) is 0 Å². The fourth-order valence-electron chi connectivity index (χ4n) is 2.23. The van der Waals surface area contributed by atoms with Crippen LogP contribution in [0.15, 0.2) is 30.3 Å². The van der Waals surface area contributed by atoms with E-state index in [9.17, 15) is 4.39 Å². The summed E-state index contributed by atoms with van der Waals surface area (Å²) >= 11 is 17.3. The molecule has 0 amide bonds. The summed E-state index contributed by atoms with van der Waals surface area (Å²) in [4.78, 5) is 3.02. The third-order valence-corrected chi connectivity index (χ3v) is 4.14. The average Bonchev–Trinajstić information content (AvgIpc) is 2.67. The Labute approximate surface area is 129 Å². The first-order valence-corrected chi connectivity index (χ1v) is 7.00. The normalized spacial score (nSPS) is 11.2. The SMILES string of the molecule is Cc1cccc(F)c1-n1c(=S)[nH]c2cc(Cl)c(Cl)cc21. The first-order chi connectivity index (χ1) is 9.49. The molecular weight excluding hydrogens is 318 g/mol. The van der Waals surface area contributed by atoms with Gasteiger partial charge in [0.2, 0.25) is 0 Å². The third kappa shape index (κ3) is 2.04. The Bertz CT molecular complexity index is 862. The molecule has 0 saturated heterocycles. The molecule has 1 aromatic heterocycles. The highest BCUT2D eigenvalue weighted by Gasteiger charge is 2.14. The minimum atomic E-state index is -0.340. The van der Waals surface area contributed by atoms with Gasteiger partial charge in [0.25, 0.3) is 0 Å². The van der Waals surface area contributed by atoms with E-state index >= 15 is 0 Å². The van der Waals surface area contributed by atoms with Gasteiger partial charge in [-0.1, -0.05) is 35.3 Å². The second kappa shape index (κ2) is 4.88. The van der Waals surface area contributed by atoms with Crippen molar-refractivity contribution in [2.75, 3.05) is 0 Å². The first-order valence-electron chi connectivity index (χ1n) is 5.84. The molecule has 0 aliphatic rings. The van der Waals surface area contributed by atoms with Gasteiger partial charge < -0.3 is 4.98 Å². The Morgan fingerprint density at radius 2 is 1.90 bits per heavy atom. The van der Waals surface area contributed by atoms with Crippen molar-refractivity contribution >= 4 is 46.5 Å². The van der Waals surface area contributed by atoms with E-state index in [4.69, 9.17) is 35.4 Å². The molecule has 0 bridgehead atoms. The molecule has 6 heteroatoms. The highest BCUT2D eigenvalue weighted by atomic mass is 35.5. The summed E-state index contributed by atoms with van der Waals surface area (Å²) in [5.41, 5.74) is 2.61. The van der Waals surface area contributed by atoms with E-state index in [1.54, 1.807) is 22.8 Å². The second-order valence-corrected chi connectivity index (χ2v) is 5.66. The molecule has 1 N–H and O–H groups in total. The van der Waals surface area contributed by atoms with Gasteiger partial charge in [-0.05, 0) is 42.9 Å². The van der Waals surface area contributed by atoms with Crippen LogP contribution in [0.25, 0.3) is 16.7 Å². The Balaban J connectivity index is 2.46. The third-order valence-electron chi connectivity index (χ3n) is 3.14. The van der Waals surface area contributed by atoms with Crippen molar-refractivity contribution in [3.8, 4) is 5.69 Å². The molecule has 102 valence electrons. The zero-order valence-electron chi connectivity index (χ0n) is 10.4. The zero-order valence-corrected chi connectivity index (χ0v) is 12.7. The summed E-state index contributed by atoms with van der Waals surface area (Å²) in [7, 11) is 0. The highest BCUT2D eigenvalue weighted by Crippen LogP contribution is 2.30. The van der Waals surface area contributed by atoms with Crippen molar-refractivity contribution in [3.05, 3.63) is 56.5 Å². The number of nitrogens with zero attached hydrogens (tertiary/aromatic N) is 1. The minimum Gasteiger partial charge on any atom is -0.330 e. The molecular formula is C14H9Cl2FN2S. The highest BCUT2D eigenvalue weighted by molar-refractivity contribution is 7.71. The maximum absolute atomic E-state index is 14.2.